The zero-order chi connectivity index (χ0) is 7.91. The van der Waals surface area contributed by atoms with Gasteiger partial charge in [0, 0.05) is 0 Å². The largest absolute Gasteiger partial charge is 0.316 e. The summed E-state index contributed by atoms with van der Waals surface area (Å²) in [6, 6.07) is 0. The van der Waals surface area contributed by atoms with Gasteiger partial charge in [0.2, 0.25) is 0 Å². The van der Waals surface area contributed by atoms with E-state index < -0.39 is 0 Å². The van der Waals surface area contributed by atoms with Gasteiger partial charge in [-0.05, 0) is 20.8 Å². The van der Waals surface area contributed by atoms with Crippen molar-refractivity contribution in [2.45, 2.75) is 40.2 Å². The summed E-state index contributed by atoms with van der Waals surface area (Å²) < 4.78 is 0. The topological polar surface area (TPSA) is 26.0 Å². The molecule has 0 aliphatic carbocycles. The van der Waals surface area contributed by atoms with E-state index in [4.69, 9.17) is 5.73 Å². The summed E-state index contributed by atoms with van der Waals surface area (Å²) in [5, 5.41) is 0. The molecule has 0 radical (unpaired) electrons. The summed E-state index contributed by atoms with van der Waals surface area (Å²) in [7, 11) is 0. The first-order valence-electron chi connectivity index (χ1n) is 3.29. The molecule has 0 atom stereocenters. The fourth-order valence-electron chi connectivity index (χ4n) is 0.322. The molecule has 0 saturated heterocycles. The van der Waals surface area contributed by atoms with E-state index in [1.807, 2.05) is 27.7 Å². The van der Waals surface area contributed by atoms with Crippen molar-refractivity contribution in [2.24, 2.45) is 5.73 Å². The Morgan fingerprint density at radius 3 is 1.56 bits per heavy atom. The minimum absolute atomic E-state index is 0.311. The van der Waals surface area contributed by atoms with E-state index in [9.17, 15) is 0 Å². The monoisotopic (exact) mass is 127 g/mol. The highest BCUT2D eigenvalue weighted by atomic mass is 14.7. The highest BCUT2D eigenvalue weighted by Gasteiger charge is 2.01. The Morgan fingerprint density at radius 2 is 1.56 bits per heavy atom. The van der Waals surface area contributed by atoms with Gasteiger partial charge >= 0.3 is 0 Å². The molecule has 0 heterocycles. The van der Waals surface area contributed by atoms with E-state index in [1.165, 1.54) is 0 Å². The molecular weight excluding hydrogens is 110 g/mol. The van der Waals surface area contributed by atoms with E-state index in [-0.39, 0.29) is 5.54 Å². The van der Waals surface area contributed by atoms with Gasteiger partial charge < -0.3 is 5.73 Å². The third kappa shape index (κ3) is 18.5. The molecule has 0 rings (SSSR count). The second-order valence-electron chi connectivity index (χ2n) is 2.10. The number of nitrogens with two attached hydrogens (primary N) is 1. The molecule has 0 fully saturated rings. The number of hydrogen-bond acceptors (Lipinski definition) is 1. The highest BCUT2D eigenvalue weighted by molar-refractivity contribution is 5.10. The van der Waals surface area contributed by atoms with Gasteiger partial charge in [0.15, 0.2) is 0 Å². The molecule has 0 aromatic heterocycles. The summed E-state index contributed by atoms with van der Waals surface area (Å²) in [5.41, 5.74) is 5.16. The van der Waals surface area contributed by atoms with Crippen LogP contribution in [0.3, 0.4) is 0 Å². The summed E-state index contributed by atoms with van der Waals surface area (Å²) in [6.07, 6.45) is 0. The third-order valence-electron chi connectivity index (χ3n) is 0.447. The van der Waals surface area contributed by atoms with E-state index in [2.05, 4.69) is 11.8 Å². The van der Waals surface area contributed by atoms with Crippen LogP contribution in [0.2, 0.25) is 0 Å². The average Bonchev–Trinajstić information content (AvgIpc) is 1.69. The van der Waals surface area contributed by atoms with Crippen molar-refractivity contribution in [3.8, 4) is 11.8 Å². The van der Waals surface area contributed by atoms with Crippen molar-refractivity contribution in [2.75, 3.05) is 0 Å². The second kappa shape index (κ2) is 5.65. The number of rotatable bonds is 0. The van der Waals surface area contributed by atoms with Crippen molar-refractivity contribution in [3.63, 3.8) is 0 Å². The van der Waals surface area contributed by atoms with Crippen molar-refractivity contribution in [3.05, 3.63) is 0 Å². The first-order chi connectivity index (χ1) is 4.06. The fourth-order valence-corrected chi connectivity index (χ4v) is 0.322. The van der Waals surface area contributed by atoms with Crippen LogP contribution in [0, 0.1) is 11.8 Å². The molecule has 1 heteroatoms. The maximum atomic E-state index is 5.47. The molecule has 54 valence electrons. The van der Waals surface area contributed by atoms with Gasteiger partial charge in [-0.1, -0.05) is 19.8 Å². The second-order valence-corrected chi connectivity index (χ2v) is 2.10. The molecule has 0 spiro atoms. The van der Waals surface area contributed by atoms with E-state index in [0.29, 0.717) is 0 Å². The molecule has 2 N–H and O–H groups in total. The quantitative estimate of drug-likeness (QED) is 0.493. The van der Waals surface area contributed by atoms with Crippen LogP contribution in [0.5, 0.6) is 0 Å². The Kier molecular flexibility index (Phi) is 7.12. The molecule has 0 amide bonds. The lowest BCUT2D eigenvalue weighted by Crippen LogP contribution is -2.29. The summed E-state index contributed by atoms with van der Waals surface area (Å²) in [5.74, 6) is 5.55. The fraction of sp³-hybridized carbons (Fsp3) is 0.750. The van der Waals surface area contributed by atoms with Gasteiger partial charge in [0.25, 0.3) is 0 Å². The van der Waals surface area contributed by atoms with Crippen LogP contribution in [0.25, 0.3) is 0 Å². The van der Waals surface area contributed by atoms with Crippen LogP contribution in [0.15, 0.2) is 0 Å². The highest BCUT2D eigenvalue weighted by Crippen LogP contribution is 1.90. The summed E-state index contributed by atoms with van der Waals surface area (Å²) >= 11 is 0. The molecule has 9 heavy (non-hydrogen) atoms. The maximum absolute atomic E-state index is 5.47. The van der Waals surface area contributed by atoms with Gasteiger partial charge in [-0.25, -0.2) is 0 Å². The van der Waals surface area contributed by atoms with Gasteiger partial charge in [-0.15, -0.1) is 5.92 Å². The molecule has 0 aliphatic rings. The minimum atomic E-state index is -0.311. The Balaban J connectivity index is 0. The first kappa shape index (κ1) is 11.3. The van der Waals surface area contributed by atoms with Crippen molar-refractivity contribution < 1.29 is 0 Å². The standard InChI is InChI=1S/C6H11N.C2H6/c1-4-5-6(2,3)7;1-2/h7H2,1-3H3;1-2H3. The van der Waals surface area contributed by atoms with Crippen LogP contribution in [-0.4, -0.2) is 5.54 Å². The lowest BCUT2D eigenvalue weighted by atomic mass is 10.1. The van der Waals surface area contributed by atoms with Crippen molar-refractivity contribution in [1.29, 1.82) is 0 Å². The molecule has 0 aromatic carbocycles. The Bertz CT molecular complexity index is 98.0. The first-order valence-corrected chi connectivity index (χ1v) is 3.29. The molecule has 0 unspecified atom stereocenters. The molecular formula is C8H17N. The maximum Gasteiger partial charge on any atom is 0.0718 e. The molecule has 0 bridgehead atoms. The predicted molar refractivity (Wildman–Crippen MR) is 43.1 cm³/mol. The van der Waals surface area contributed by atoms with E-state index >= 15 is 0 Å². The Labute approximate surface area is 58.6 Å². The number of hydrogen-bond donors (Lipinski definition) is 1. The lowest BCUT2D eigenvalue weighted by molar-refractivity contribution is 0.680. The Morgan fingerprint density at radius 1 is 1.22 bits per heavy atom. The van der Waals surface area contributed by atoms with Gasteiger partial charge in [-0.3, -0.25) is 0 Å². The smallest absolute Gasteiger partial charge is 0.0718 e. The molecule has 0 saturated carbocycles. The van der Waals surface area contributed by atoms with Crippen LogP contribution < -0.4 is 5.73 Å². The van der Waals surface area contributed by atoms with Crippen LogP contribution in [-0.2, 0) is 0 Å². The minimum Gasteiger partial charge on any atom is -0.316 e. The SMILES string of the molecule is CC.CC#CC(C)(C)N. The normalized spacial score (nSPS) is 8.22. The third-order valence-corrected chi connectivity index (χ3v) is 0.447. The summed E-state index contributed by atoms with van der Waals surface area (Å²) in [4.78, 5) is 0. The van der Waals surface area contributed by atoms with E-state index in [0.717, 1.165) is 0 Å². The predicted octanol–water partition coefficient (Wildman–Crippen LogP) is 1.77. The van der Waals surface area contributed by atoms with Gasteiger partial charge in [0.1, 0.15) is 0 Å². The van der Waals surface area contributed by atoms with Gasteiger partial charge in [-0.2, -0.15) is 0 Å². The van der Waals surface area contributed by atoms with Gasteiger partial charge in [0.05, 0.1) is 5.54 Å². The van der Waals surface area contributed by atoms with Crippen LogP contribution in [0.4, 0.5) is 0 Å². The molecule has 0 aromatic rings. The van der Waals surface area contributed by atoms with Crippen LogP contribution >= 0.6 is 0 Å². The zero-order valence-electron chi connectivity index (χ0n) is 7.08. The van der Waals surface area contributed by atoms with Crippen molar-refractivity contribution >= 4 is 0 Å². The Hall–Kier alpha value is -0.480. The van der Waals surface area contributed by atoms with Crippen molar-refractivity contribution in [1.82, 2.24) is 0 Å². The molecule has 0 aliphatic heterocycles. The van der Waals surface area contributed by atoms with Crippen LogP contribution in [0.1, 0.15) is 34.6 Å². The summed E-state index contributed by atoms with van der Waals surface area (Å²) in [6.45, 7) is 9.54. The molecule has 1 nitrogen and oxygen atoms in total. The lowest BCUT2D eigenvalue weighted by Gasteiger charge is -2.06. The van der Waals surface area contributed by atoms with E-state index in [1.54, 1.807) is 6.92 Å². The average molecular weight is 127 g/mol. The zero-order valence-corrected chi connectivity index (χ0v) is 7.08.